The van der Waals surface area contributed by atoms with Crippen LogP contribution in [-0.2, 0) is 9.53 Å². The topological polar surface area (TPSA) is 53.0 Å². The van der Waals surface area contributed by atoms with Gasteiger partial charge in [-0.2, -0.15) is 0 Å². The zero-order valence-electron chi connectivity index (χ0n) is 11.2. The molecule has 2 aliphatic rings. The van der Waals surface area contributed by atoms with E-state index >= 15 is 0 Å². The van der Waals surface area contributed by atoms with E-state index in [4.69, 9.17) is 4.74 Å². The smallest absolute Gasteiger partial charge is 0.236 e. The highest BCUT2D eigenvalue weighted by molar-refractivity contribution is 5.78. The Bertz CT molecular complexity index is 288. The van der Waals surface area contributed by atoms with Crippen molar-refractivity contribution in [1.82, 2.24) is 9.80 Å². The fourth-order valence-corrected chi connectivity index (χ4v) is 2.58. The Morgan fingerprint density at radius 1 is 1.22 bits per heavy atom. The summed E-state index contributed by atoms with van der Waals surface area (Å²) in [6.07, 6.45) is 2.54. The first-order chi connectivity index (χ1) is 8.57. The molecule has 104 valence electrons. The lowest BCUT2D eigenvalue weighted by Gasteiger charge is -2.29. The predicted molar refractivity (Wildman–Crippen MR) is 68.3 cm³/mol. The average molecular weight is 256 g/mol. The van der Waals surface area contributed by atoms with Crippen molar-refractivity contribution in [3.63, 3.8) is 0 Å². The van der Waals surface area contributed by atoms with E-state index in [1.807, 2.05) is 11.8 Å². The normalized spacial score (nSPS) is 31.1. The molecule has 2 aliphatic heterocycles. The van der Waals surface area contributed by atoms with Crippen LogP contribution in [0.2, 0.25) is 0 Å². The molecule has 0 saturated carbocycles. The van der Waals surface area contributed by atoms with Crippen molar-refractivity contribution in [2.24, 2.45) is 0 Å². The van der Waals surface area contributed by atoms with Gasteiger partial charge in [0.15, 0.2) is 0 Å². The number of nitrogens with zero attached hydrogens (tertiary/aromatic N) is 2. The molecule has 2 fully saturated rings. The molecule has 0 aromatic rings. The van der Waals surface area contributed by atoms with Crippen molar-refractivity contribution in [3.05, 3.63) is 0 Å². The molecule has 0 aromatic carbocycles. The molecule has 0 aliphatic carbocycles. The van der Waals surface area contributed by atoms with Gasteiger partial charge in [-0.05, 0) is 32.7 Å². The Kier molecular flexibility index (Phi) is 4.59. The van der Waals surface area contributed by atoms with Gasteiger partial charge < -0.3 is 14.7 Å². The highest BCUT2D eigenvalue weighted by atomic mass is 16.5. The van der Waals surface area contributed by atoms with Gasteiger partial charge in [-0.15, -0.1) is 0 Å². The minimum Gasteiger partial charge on any atom is -0.390 e. The largest absolute Gasteiger partial charge is 0.390 e. The first-order valence-electron chi connectivity index (χ1n) is 6.87. The number of carbonyl (C=O) groups is 1. The second-order valence-corrected chi connectivity index (χ2v) is 5.62. The van der Waals surface area contributed by atoms with Crippen LogP contribution in [0.3, 0.4) is 0 Å². The van der Waals surface area contributed by atoms with E-state index in [1.165, 1.54) is 0 Å². The highest BCUT2D eigenvalue weighted by Gasteiger charge is 2.27. The van der Waals surface area contributed by atoms with E-state index in [-0.39, 0.29) is 5.91 Å². The number of rotatable bonds is 2. The van der Waals surface area contributed by atoms with Crippen molar-refractivity contribution >= 4 is 5.91 Å². The van der Waals surface area contributed by atoms with E-state index in [0.717, 1.165) is 32.4 Å². The molecule has 2 saturated heterocycles. The number of aliphatic hydroxyl groups is 1. The van der Waals surface area contributed by atoms with Gasteiger partial charge in [-0.3, -0.25) is 9.69 Å². The summed E-state index contributed by atoms with van der Waals surface area (Å²) in [4.78, 5) is 16.2. The summed E-state index contributed by atoms with van der Waals surface area (Å²) >= 11 is 0. The fourth-order valence-electron chi connectivity index (χ4n) is 2.58. The molecule has 0 bridgehead atoms. The Balaban J connectivity index is 1.79. The summed E-state index contributed by atoms with van der Waals surface area (Å²) in [5, 5.41) is 10.0. The van der Waals surface area contributed by atoms with Crippen LogP contribution in [0.15, 0.2) is 0 Å². The summed E-state index contributed by atoms with van der Waals surface area (Å²) in [6, 6.07) is 0. The van der Waals surface area contributed by atoms with Gasteiger partial charge >= 0.3 is 0 Å². The second kappa shape index (κ2) is 5.99. The Morgan fingerprint density at radius 3 is 2.67 bits per heavy atom. The standard InChI is InChI=1S/C13H24N2O3/c1-13(17)3-2-5-14(6-4-13)11-12(16)15-7-9-18-10-8-15/h17H,2-11H2,1H3. The number of carbonyl (C=O) groups excluding carboxylic acids is 1. The molecule has 0 radical (unpaired) electrons. The summed E-state index contributed by atoms with van der Waals surface area (Å²) < 4.78 is 5.25. The van der Waals surface area contributed by atoms with Gasteiger partial charge in [0.2, 0.25) is 5.91 Å². The quantitative estimate of drug-likeness (QED) is 0.760. The van der Waals surface area contributed by atoms with Crippen molar-refractivity contribution < 1.29 is 14.6 Å². The van der Waals surface area contributed by atoms with Crippen LogP contribution in [0.25, 0.3) is 0 Å². The SMILES string of the molecule is CC1(O)CCCN(CC(=O)N2CCOCC2)CC1. The highest BCUT2D eigenvalue weighted by Crippen LogP contribution is 2.21. The van der Waals surface area contributed by atoms with Crippen molar-refractivity contribution in [1.29, 1.82) is 0 Å². The Labute approximate surface area is 109 Å². The van der Waals surface area contributed by atoms with Gasteiger partial charge in [0.05, 0.1) is 25.4 Å². The van der Waals surface area contributed by atoms with Gasteiger partial charge in [0.1, 0.15) is 0 Å². The van der Waals surface area contributed by atoms with Crippen molar-refractivity contribution in [3.8, 4) is 0 Å². The third-order valence-electron chi connectivity index (χ3n) is 3.88. The van der Waals surface area contributed by atoms with Gasteiger partial charge in [-0.25, -0.2) is 0 Å². The third kappa shape index (κ3) is 3.93. The number of amides is 1. The van der Waals surface area contributed by atoms with Crippen LogP contribution in [-0.4, -0.2) is 72.4 Å². The molecule has 0 aromatic heterocycles. The molecular weight excluding hydrogens is 232 g/mol. The first-order valence-corrected chi connectivity index (χ1v) is 6.87. The van der Waals surface area contributed by atoms with Gasteiger partial charge in [0, 0.05) is 19.6 Å². The molecule has 1 atom stereocenters. The Hall–Kier alpha value is -0.650. The van der Waals surface area contributed by atoms with Crippen molar-refractivity contribution in [2.75, 3.05) is 45.9 Å². The lowest BCUT2D eigenvalue weighted by molar-refractivity contribution is -0.136. The summed E-state index contributed by atoms with van der Waals surface area (Å²) in [7, 11) is 0. The maximum atomic E-state index is 12.1. The van der Waals surface area contributed by atoms with E-state index in [9.17, 15) is 9.90 Å². The molecule has 1 N–H and O–H groups in total. The molecule has 2 heterocycles. The monoisotopic (exact) mass is 256 g/mol. The van der Waals surface area contributed by atoms with Gasteiger partial charge in [-0.1, -0.05) is 0 Å². The molecule has 18 heavy (non-hydrogen) atoms. The van der Waals surface area contributed by atoms with E-state index < -0.39 is 5.60 Å². The number of ether oxygens (including phenoxy) is 1. The molecular formula is C13H24N2O3. The fraction of sp³-hybridized carbons (Fsp3) is 0.923. The van der Waals surface area contributed by atoms with Gasteiger partial charge in [0.25, 0.3) is 0 Å². The average Bonchev–Trinajstić information content (AvgIpc) is 2.52. The minimum absolute atomic E-state index is 0.194. The van der Waals surface area contributed by atoms with E-state index in [0.29, 0.717) is 32.8 Å². The van der Waals surface area contributed by atoms with E-state index in [2.05, 4.69) is 4.90 Å². The minimum atomic E-state index is -0.559. The number of morpholine rings is 1. The first kappa shape index (κ1) is 13.8. The third-order valence-corrected chi connectivity index (χ3v) is 3.88. The van der Waals surface area contributed by atoms with Crippen LogP contribution in [0.4, 0.5) is 0 Å². The predicted octanol–water partition coefficient (Wildman–Crippen LogP) is 0.0821. The maximum Gasteiger partial charge on any atom is 0.236 e. The maximum absolute atomic E-state index is 12.1. The molecule has 5 heteroatoms. The molecule has 0 spiro atoms. The van der Waals surface area contributed by atoms with Crippen LogP contribution >= 0.6 is 0 Å². The molecule has 5 nitrogen and oxygen atoms in total. The summed E-state index contributed by atoms with van der Waals surface area (Å²) in [6.45, 7) is 6.82. The summed E-state index contributed by atoms with van der Waals surface area (Å²) in [5.74, 6) is 0.194. The van der Waals surface area contributed by atoms with Crippen LogP contribution in [0, 0.1) is 0 Å². The van der Waals surface area contributed by atoms with Crippen LogP contribution in [0.5, 0.6) is 0 Å². The number of likely N-dealkylation sites (tertiary alicyclic amines) is 1. The van der Waals surface area contributed by atoms with Crippen LogP contribution in [0.1, 0.15) is 26.2 Å². The number of hydrogen-bond donors (Lipinski definition) is 1. The zero-order valence-corrected chi connectivity index (χ0v) is 11.2. The second-order valence-electron chi connectivity index (χ2n) is 5.62. The molecule has 1 amide bonds. The zero-order chi connectivity index (χ0) is 13.0. The molecule has 2 rings (SSSR count). The van der Waals surface area contributed by atoms with Crippen molar-refractivity contribution in [2.45, 2.75) is 31.8 Å². The Morgan fingerprint density at radius 2 is 1.94 bits per heavy atom. The summed E-state index contributed by atoms with van der Waals surface area (Å²) in [5.41, 5.74) is -0.559. The van der Waals surface area contributed by atoms with Crippen LogP contribution < -0.4 is 0 Å². The lowest BCUT2D eigenvalue weighted by atomic mass is 9.98. The lowest BCUT2D eigenvalue weighted by Crippen LogP contribution is -2.46. The van der Waals surface area contributed by atoms with E-state index in [1.54, 1.807) is 0 Å². The molecule has 1 unspecified atom stereocenters. The number of hydrogen-bond acceptors (Lipinski definition) is 4.